The summed E-state index contributed by atoms with van der Waals surface area (Å²) in [5.41, 5.74) is 0.223. The van der Waals surface area contributed by atoms with E-state index in [9.17, 15) is 4.79 Å². The van der Waals surface area contributed by atoms with Crippen molar-refractivity contribution < 1.29 is 9.53 Å². The van der Waals surface area contributed by atoms with Crippen molar-refractivity contribution >= 4 is 5.97 Å². The molecule has 4 rings (SSSR count). The lowest BCUT2D eigenvalue weighted by Crippen LogP contribution is -2.48. The second kappa shape index (κ2) is 3.00. The minimum atomic E-state index is -0.109. The van der Waals surface area contributed by atoms with Crippen LogP contribution in [-0.2, 0) is 9.53 Å². The molecule has 3 heteroatoms. The van der Waals surface area contributed by atoms with Crippen LogP contribution in [0.3, 0.4) is 0 Å². The molecule has 4 unspecified atom stereocenters. The summed E-state index contributed by atoms with van der Waals surface area (Å²) in [5, 5.41) is 0. The molecule has 0 spiro atoms. The van der Waals surface area contributed by atoms with E-state index in [4.69, 9.17) is 4.74 Å². The van der Waals surface area contributed by atoms with Gasteiger partial charge in [0.25, 0.3) is 0 Å². The molecular weight excluding hydrogens is 202 g/mol. The Labute approximate surface area is 97.1 Å². The number of hydrogen-bond acceptors (Lipinski definition) is 3. The topological polar surface area (TPSA) is 29.5 Å². The predicted octanol–water partition coefficient (Wildman–Crippen LogP) is 1.81. The molecule has 16 heavy (non-hydrogen) atoms. The summed E-state index contributed by atoms with van der Waals surface area (Å²) in [6.07, 6.45) is 5.93. The van der Waals surface area contributed by atoms with Gasteiger partial charge >= 0.3 is 5.97 Å². The van der Waals surface area contributed by atoms with Crippen LogP contribution in [0.5, 0.6) is 0 Å². The van der Waals surface area contributed by atoms with Crippen molar-refractivity contribution in [2.45, 2.75) is 50.2 Å². The molecule has 0 amide bonds. The van der Waals surface area contributed by atoms with Crippen molar-refractivity contribution in [3.63, 3.8) is 0 Å². The molecule has 0 aromatic rings. The van der Waals surface area contributed by atoms with Gasteiger partial charge in [-0.2, -0.15) is 0 Å². The van der Waals surface area contributed by atoms with Gasteiger partial charge in [0, 0.05) is 18.9 Å². The Bertz CT molecular complexity index is 341. The average molecular weight is 223 g/mol. The van der Waals surface area contributed by atoms with Gasteiger partial charge in [-0.05, 0) is 51.6 Å². The summed E-state index contributed by atoms with van der Waals surface area (Å²) in [4.78, 5) is 13.6. The molecule has 4 aliphatic rings. The zero-order valence-electron chi connectivity index (χ0n) is 10.5. The maximum Gasteiger partial charge on any atom is 0.303 e. The third-order valence-corrected chi connectivity index (χ3v) is 5.18. The first kappa shape index (κ1) is 10.6. The molecule has 90 valence electrons. The SMILES string of the molecule is CC(=O)OC12CC3CC(C1)C(N(C)C)(C3)C2. The van der Waals surface area contributed by atoms with Crippen LogP contribution in [0.2, 0.25) is 0 Å². The first-order valence-corrected chi connectivity index (χ1v) is 6.33. The molecule has 0 N–H and O–H groups in total. The summed E-state index contributed by atoms with van der Waals surface area (Å²) < 4.78 is 5.68. The van der Waals surface area contributed by atoms with Crippen LogP contribution in [-0.4, -0.2) is 36.1 Å². The Morgan fingerprint density at radius 3 is 2.62 bits per heavy atom. The van der Waals surface area contributed by atoms with Crippen molar-refractivity contribution in [1.29, 1.82) is 0 Å². The fourth-order valence-corrected chi connectivity index (χ4v) is 4.91. The van der Waals surface area contributed by atoms with E-state index in [1.165, 1.54) is 12.8 Å². The van der Waals surface area contributed by atoms with Gasteiger partial charge in [0.1, 0.15) is 5.60 Å². The van der Waals surface area contributed by atoms with Gasteiger partial charge < -0.3 is 9.64 Å². The van der Waals surface area contributed by atoms with E-state index < -0.39 is 0 Å². The van der Waals surface area contributed by atoms with Crippen LogP contribution in [0.15, 0.2) is 0 Å². The van der Waals surface area contributed by atoms with E-state index in [1.807, 2.05) is 0 Å². The molecule has 0 radical (unpaired) electrons. The van der Waals surface area contributed by atoms with Crippen molar-refractivity contribution in [1.82, 2.24) is 4.90 Å². The smallest absolute Gasteiger partial charge is 0.303 e. The molecule has 0 aromatic carbocycles. The Kier molecular flexibility index (Phi) is 1.99. The third-order valence-electron chi connectivity index (χ3n) is 5.18. The van der Waals surface area contributed by atoms with Crippen molar-refractivity contribution in [2.24, 2.45) is 11.8 Å². The van der Waals surface area contributed by atoms with Gasteiger partial charge in [-0.15, -0.1) is 0 Å². The number of nitrogens with zero attached hydrogens (tertiary/aromatic N) is 1. The van der Waals surface area contributed by atoms with E-state index in [2.05, 4.69) is 19.0 Å². The number of rotatable bonds is 2. The van der Waals surface area contributed by atoms with E-state index >= 15 is 0 Å². The third kappa shape index (κ3) is 1.21. The quantitative estimate of drug-likeness (QED) is 0.669. The monoisotopic (exact) mass is 223 g/mol. The molecule has 4 fully saturated rings. The van der Waals surface area contributed by atoms with Crippen LogP contribution in [0.4, 0.5) is 0 Å². The fraction of sp³-hybridized carbons (Fsp3) is 0.923. The molecular formula is C13H21NO2. The Hall–Kier alpha value is -0.570. The van der Waals surface area contributed by atoms with Gasteiger partial charge in [0.05, 0.1) is 0 Å². The number of carbonyl (C=O) groups excluding carboxylic acids is 1. The maximum atomic E-state index is 11.3. The van der Waals surface area contributed by atoms with E-state index in [-0.39, 0.29) is 11.6 Å². The Morgan fingerprint density at radius 1 is 1.31 bits per heavy atom. The van der Waals surface area contributed by atoms with Gasteiger partial charge in [0.15, 0.2) is 0 Å². The lowest BCUT2D eigenvalue weighted by molar-refractivity contribution is -0.162. The standard InChI is InChI=1S/C13H21NO2/c1-9(15)16-12-5-10-4-11(7-12)13(6-10,8-12)14(2)3/h10-11H,4-8H2,1-3H3. The normalized spacial score (nSPS) is 49.0. The van der Waals surface area contributed by atoms with Crippen LogP contribution in [0.1, 0.15) is 39.0 Å². The number of esters is 1. The number of hydrogen-bond donors (Lipinski definition) is 0. The largest absolute Gasteiger partial charge is 0.459 e. The zero-order chi connectivity index (χ0) is 11.6. The molecule has 0 aromatic heterocycles. The Morgan fingerprint density at radius 2 is 2.06 bits per heavy atom. The fourth-order valence-electron chi connectivity index (χ4n) is 4.91. The maximum absolute atomic E-state index is 11.3. The molecule has 4 bridgehead atoms. The van der Waals surface area contributed by atoms with Crippen LogP contribution < -0.4 is 0 Å². The van der Waals surface area contributed by atoms with Gasteiger partial charge in [0.2, 0.25) is 0 Å². The lowest BCUT2D eigenvalue weighted by atomic mass is 9.76. The molecule has 0 aliphatic heterocycles. The van der Waals surface area contributed by atoms with Crippen LogP contribution >= 0.6 is 0 Å². The van der Waals surface area contributed by atoms with Crippen LogP contribution in [0.25, 0.3) is 0 Å². The van der Waals surface area contributed by atoms with Crippen molar-refractivity contribution in [3.8, 4) is 0 Å². The highest BCUT2D eigenvalue weighted by atomic mass is 16.6. The summed E-state index contributed by atoms with van der Waals surface area (Å²) in [7, 11) is 4.37. The average Bonchev–Trinajstić information content (AvgIpc) is 2.48. The molecule has 0 saturated heterocycles. The number of ether oxygens (including phenoxy) is 1. The molecule has 0 heterocycles. The lowest BCUT2D eigenvalue weighted by Gasteiger charge is -2.43. The first-order chi connectivity index (χ1) is 7.46. The van der Waals surface area contributed by atoms with Crippen molar-refractivity contribution in [2.75, 3.05) is 14.1 Å². The van der Waals surface area contributed by atoms with Gasteiger partial charge in [-0.25, -0.2) is 0 Å². The van der Waals surface area contributed by atoms with E-state index in [0.29, 0.717) is 5.54 Å². The highest BCUT2D eigenvalue weighted by Gasteiger charge is 2.66. The van der Waals surface area contributed by atoms with Gasteiger partial charge in [-0.3, -0.25) is 4.79 Å². The van der Waals surface area contributed by atoms with E-state index in [1.54, 1.807) is 6.92 Å². The van der Waals surface area contributed by atoms with E-state index in [0.717, 1.165) is 31.1 Å². The van der Waals surface area contributed by atoms with Crippen LogP contribution in [0, 0.1) is 11.8 Å². The molecule has 4 saturated carbocycles. The first-order valence-electron chi connectivity index (χ1n) is 6.33. The predicted molar refractivity (Wildman–Crippen MR) is 61.0 cm³/mol. The Balaban J connectivity index is 1.91. The second-order valence-electron chi connectivity index (χ2n) is 6.36. The minimum Gasteiger partial charge on any atom is -0.459 e. The zero-order valence-corrected chi connectivity index (χ0v) is 10.5. The highest BCUT2D eigenvalue weighted by Crippen LogP contribution is 2.65. The number of carbonyl (C=O) groups is 1. The molecule has 4 aliphatic carbocycles. The van der Waals surface area contributed by atoms with Crippen molar-refractivity contribution in [3.05, 3.63) is 0 Å². The van der Waals surface area contributed by atoms with Gasteiger partial charge in [-0.1, -0.05) is 0 Å². The summed E-state index contributed by atoms with van der Waals surface area (Å²) in [6.45, 7) is 1.55. The minimum absolute atomic E-state index is 0.101. The summed E-state index contributed by atoms with van der Waals surface area (Å²) >= 11 is 0. The second-order valence-corrected chi connectivity index (χ2v) is 6.36. The molecule has 4 atom stereocenters. The highest BCUT2D eigenvalue weighted by molar-refractivity contribution is 5.66. The summed E-state index contributed by atoms with van der Waals surface area (Å²) in [5.74, 6) is 1.44. The molecule has 3 nitrogen and oxygen atoms in total. The summed E-state index contributed by atoms with van der Waals surface area (Å²) in [6, 6.07) is 0.